The van der Waals surface area contributed by atoms with Crippen molar-refractivity contribution in [1.29, 1.82) is 0 Å². The van der Waals surface area contributed by atoms with Gasteiger partial charge in [-0.05, 0) is 12.1 Å². The molecule has 0 amide bonds. The molecule has 2 heterocycles. The second kappa shape index (κ2) is 2.13. The summed E-state index contributed by atoms with van der Waals surface area (Å²) in [4.78, 5) is 11.1. The maximum atomic E-state index is 11.1. The molecule has 0 saturated heterocycles. The fourth-order valence-electron chi connectivity index (χ4n) is 1.65. The molecule has 0 radical (unpaired) electrons. The van der Waals surface area contributed by atoms with Crippen LogP contribution in [0.3, 0.4) is 0 Å². The molecule has 3 nitrogen and oxygen atoms in total. The second-order valence-electron chi connectivity index (χ2n) is 3.01. The van der Waals surface area contributed by atoms with E-state index in [-0.39, 0.29) is 5.63 Å². The molecule has 0 unspecified atom stereocenters. The molecule has 1 aromatic heterocycles. The van der Waals surface area contributed by atoms with E-state index in [1.807, 2.05) is 12.1 Å². The van der Waals surface area contributed by atoms with Gasteiger partial charge in [0.15, 0.2) is 0 Å². The van der Waals surface area contributed by atoms with Crippen molar-refractivity contribution in [3.8, 4) is 5.75 Å². The van der Waals surface area contributed by atoms with Crippen LogP contribution in [-0.4, -0.2) is 0 Å². The molecule has 13 heavy (non-hydrogen) atoms. The lowest BCUT2D eigenvalue weighted by Crippen LogP contribution is -1.97. The Morgan fingerprint density at radius 1 is 1.31 bits per heavy atom. The first kappa shape index (κ1) is 6.71. The lowest BCUT2D eigenvalue weighted by molar-refractivity contribution is 0.327. The van der Waals surface area contributed by atoms with Crippen molar-refractivity contribution in [2.24, 2.45) is 0 Å². The van der Waals surface area contributed by atoms with E-state index in [1.165, 1.54) is 6.07 Å². The van der Waals surface area contributed by atoms with Crippen LogP contribution in [-0.2, 0) is 6.61 Å². The summed E-state index contributed by atoms with van der Waals surface area (Å²) in [6.45, 7) is 0.474. The minimum atomic E-state index is -0.315. The monoisotopic (exact) mass is 174 g/mol. The molecule has 0 bridgehead atoms. The number of hydrogen-bond donors (Lipinski definition) is 0. The number of rotatable bonds is 0. The highest BCUT2D eigenvalue weighted by atomic mass is 16.5. The van der Waals surface area contributed by atoms with Crippen LogP contribution < -0.4 is 10.4 Å². The quantitative estimate of drug-likeness (QED) is 0.570. The van der Waals surface area contributed by atoms with E-state index in [1.54, 1.807) is 6.07 Å². The molecule has 0 atom stereocenters. The first-order valence-electron chi connectivity index (χ1n) is 4.03. The smallest absolute Gasteiger partial charge is 0.336 e. The zero-order valence-corrected chi connectivity index (χ0v) is 6.74. The first-order valence-corrected chi connectivity index (χ1v) is 4.03. The van der Waals surface area contributed by atoms with Gasteiger partial charge in [-0.1, -0.05) is 6.07 Å². The van der Waals surface area contributed by atoms with Crippen molar-refractivity contribution in [3.63, 3.8) is 0 Å². The predicted octanol–water partition coefficient (Wildman–Crippen LogP) is 1.69. The van der Waals surface area contributed by atoms with Gasteiger partial charge in [-0.2, -0.15) is 0 Å². The van der Waals surface area contributed by atoms with Gasteiger partial charge >= 0.3 is 5.63 Å². The lowest BCUT2D eigenvalue weighted by Gasteiger charge is -1.95. The highest BCUT2D eigenvalue weighted by Gasteiger charge is 2.16. The normalized spacial score (nSPS) is 13.2. The van der Waals surface area contributed by atoms with Crippen LogP contribution >= 0.6 is 0 Å². The molecule has 1 aliphatic heterocycles. The first-order chi connectivity index (χ1) is 6.34. The van der Waals surface area contributed by atoms with E-state index in [2.05, 4.69) is 0 Å². The van der Waals surface area contributed by atoms with Gasteiger partial charge in [0.25, 0.3) is 0 Å². The summed E-state index contributed by atoms with van der Waals surface area (Å²) in [5, 5.41) is 0.933. The third-order valence-corrected chi connectivity index (χ3v) is 2.19. The summed E-state index contributed by atoms with van der Waals surface area (Å²) in [6.07, 6.45) is 0. The molecule has 1 aliphatic rings. The summed E-state index contributed by atoms with van der Waals surface area (Å²) in [6, 6.07) is 6.95. The molecule has 3 heteroatoms. The van der Waals surface area contributed by atoms with E-state index in [0.717, 1.165) is 16.7 Å². The van der Waals surface area contributed by atoms with Crippen molar-refractivity contribution < 1.29 is 9.15 Å². The SMILES string of the molecule is O=c1cc2c3c(cccc3o1)OC2. The average molecular weight is 174 g/mol. The highest BCUT2D eigenvalue weighted by Crippen LogP contribution is 2.33. The Hall–Kier alpha value is -1.77. The van der Waals surface area contributed by atoms with Gasteiger partial charge in [-0.3, -0.25) is 0 Å². The van der Waals surface area contributed by atoms with Crippen molar-refractivity contribution in [2.45, 2.75) is 6.61 Å². The average Bonchev–Trinajstić information content (AvgIpc) is 2.50. The maximum absolute atomic E-state index is 11.1. The van der Waals surface area contributed by atoms with E-state index >= 15 is 0 Å². The van der Waals surface area contributed by atoms with Gasteiger partial charge in [-0.25, -0.2) is 4.79 Å². The third kappa shape index (κ3) is 0.811. The van der Waals surface area contributed by atoms with Crippen molar-refractivity contribution in [2.75, 3.05) is 0 Å². The van der Waals surface area contributed by atoms with Gasteiger partial charge < -0.3 is 9.15 Å². The third-order valence-electron chi connectivity index (χ3n) is 2.19. The van der Waals surface area contributed by atoms with Crippen molar-refractivity contribution in [1.82, 2.24) is 0 Å². The Kier molecular flexibility index (Phi) is 1.10. The summed E-state index contributed by atoms with van der Waals surface area (Å²) in [5.41, 5.74) is 1.21. The van der Waals surface area contributed by atoms with Gasteiger partial charge in [0.05, 0.1) is 5.39 Å². The molecule has 0 aliphatic carbocycles. The zero-order valence-electron chi connectivity index (χ0n) is 6.74. The minimum Gasteiger partial charge on any atom is -0.488 e. The number of hydrogen-bond acceptors (Lipinski definition) is 3. The van der Waals surface area contributed by atoms with E-state index < -0.39 is 0 Å². The molecule has 0 fully saturated rings. The second-order valence-corrected chi connectivity index (χ2v) is 3.01. The standard InChI is InChI=1S/C10H6O3/c11-9-4-6-5-12-7-2-1-3-8(13-9)10(6)7/h1-4H,5H2. The van der Waals surface area contributed by atoms with Crippen LogP contribution in [0.1, 0.15) is 5.56 Å². The van der Waals surface area contributed by atoms with E-state index in [9.17, 15) is 4.79 Å². The fraction of sp³-hybridized carbons (Fsp3) is 0.100. The molecule has 1 aromatic carbocycles. The molecule has 0 saturated carbocycles. The van der Waals surface area contributed by atoms with Crippen molar-refractivity contribution >= 4 is 11.0 Å². The number of benzene rings is 1. The molecule has 0 N–H and O–H groups in total. The van der Waals surface area contributed by atoms with Crippen LogP contribution in [0, 0.1) is 0 Å². The molecular formula is C10H6O3. The molecule has 3 rings (SSSR count). The van der Waals surface area contributed by atoms with Gasteiger partial charge in [0, 0.05) is 11.6 Å². The number of ether oxygens (including phenoxy) is 1. The van der Waals surface area contributed by atoms with Gasteiger partial charge in [-0.15, -0.1) is 0 Å². The van der Waals surface area contributed by atoms with Crippen LogP contribution in [0.2, 0.25) is 0 Å². The van der Waals surface area contributed by atoms with Crippen LogP contribution in [0.4, 0.5) is 0 Å². The van der Waals surface area contributed by atoms with Crippen LogP contribution in [0.15, 0.2) is 33.5 Å². The topological polar surface area (TPSA) is 39.4 Å². The Bertz CT molecular complexity index is 539. The maximum Gasteiger partial charge on any atom is 0.336 e. The molecule has 0 spiro atoms. The summed E-state index contributed by atoms with van der Waals surface area (Å²) < 4.78 is 10.4. The molecule has 2 aromatic rings. The Labute approximate surface area is 73.6 Å². The predicted molar refractivity (Wildman–Crippen MR) is 46.8 cm³/mol. The largest absolute Gasteiger partial charge is 0.488 e. The summed E-state index contributed by atoms with van der Waals surface area (Å²) in [5.74, 6) is 0.802. The minimum absolute atomic E-state index is 0.315. The Morgan fingerprint density at radius 2 is 2.23 bits per heavy atom. The zero-order chi connectivity index (χ0) is 8.84. The van der Waals surface area contributed by atoms with E-state index in [0.29, 0.717) is 12.2 Å². The van der Waals surface area contributed by atoms with Crippen LogP contribution in [0.25, 0.3) is 11.0 Å². The fourth-order valence-corrected chi connectivity index (χ4v) is 1.65. The van der Waals surface area contributed by atoms with Crippen LogP contribution in [0.5, 0.6) is 5.75 Å². The Morgan fingerprint density at radius 3 is 3.15 bits per heavy atom. The molecule has 64 valence electrons. The van der Waals surface area contributed by atoms with Gasteiger partial charge in [0.2, 0.25) is 0 Å². The van der Waals surface area contributed by atoms with Crippen molar-refractivity contribution in [3.05, 3.63) is 40.2 Å². The van der Waals surface area contributed by atoms with E-state index in [4.69, 9.17) is 9.15 Å². The summed E-state index contributed by atoms with van der Waals surface area (Å²) >= 11 is 0. The Balaban J connectivity index is 2.61. The lowest BCUT2D eigenvalue weighted by atomic mass is 10.1. The molecular weight excluding hydrogens is 168 g/mol. The summed E-state index contributed by atoms with van der Waals surface area (Å²) in [7, 11) is 0. The highest BCUT2D eigenvalue weighted by molar-refractivity contribution is 5.88. The van der Waals surface area contributed by atoms with Gasteiger partial charge in [0.1, 0.15) is 17.9 Å².